The lowest BCUT2D eigenvalue weighted by Crippen LogP contribution is -2.38. The molecule has 108 heavy (non-hydrogen) atoms. The minimum Gasteiger partial charge on any atom is -0.384 e. The van der Waals surface area contributed by atoms with E-state index in [9.17, 15) is 60.6 Å². The average Bonchev–Trinajstić information content (AvgIpc) is 1.73. The minimum atomic E-state index is -4.71. The van der Waals surface area contributed by atoms with Gasteiger partial charge in [0.05, 0.1) is 9.79 Å². The van der Waals surface area contributed by atoms with Gasteiger partial charge >= 0.3 is 10.2 Å². The van der Waals surface area contributed by atoms with E-state index in [1.807, 2.05) is 54.6 Å². The van der Waals surface area contributed by atoms with Gasteiger partial charge in [-0.3, -0.25) is 14.4 Å². The van der Waals surface area contributed by atoms with Crippen molar-refractivity contribution >= 4 is 37.9 Å². The lowest BCUT2D eigenvalue weighted by molar-refractivity contribution is -0.114. The number of carbonyl (C=O) groups excluding carboxylic acids is 3. The van der Waals surface area contributed by atoms with Crippen LogP contribution in [0.5, 0.6) is 0 Å². The van der Waals surface area contributed by atoms with Crippen LogP contribution >= 0.6 is 0 Å². The Labute approximate surface area is 636 Å². The van der Waals surface area contributed by atoms with Crippen LogP contribution in [-0.2, 0) is 59.3 Å². The summed E-state index contributed by atoms with van der Waals surface area (Å²) in [6.07, 6.45) is 18.2. The van der Waals surface area contributed by atoms with Gasteiger partial charge in [-0.1, -0.05) is 177 Å². The molecule has 0 bridgehead atoms. The SMILES string of the molecule is C=CC(=O)Cc1cccc(C2(O)CCNC2)c1.C=CC(=O)c1ccc(C2(O)CCNC2)cc1.C=CCC1(CC=C)CCCN1.C=CS(=O)(=O)c1cccc(C2(O)CCNC2)c1.O=Cc1cccc(C2(O)CCNC2)c1.O=S(=O)(F)c1cccc(C2(O)CCNC2)c1.c1ccc(-c2ccc(C3CCCN3)cc2)cc1. The van der Waals surface area contributed by atoms with Crippen LogP contribution in [0.3, 0.4) is 0 Å². The molecule has 0 amide bonds. The molecule has 0 aromatic heterocycles. The number of rotatable bonds is 20. The third-order valence-corrected chi connectivity index (χ3v) is 22.8. The summed E-state index contributed by atoms with van der Waals surface area (Å²) in [6.45, 7) is 26.4. The van der Waals surface area contributed by atoms with Crippen LogP contribution in [0.4, 0.5) is 3.89 Å². The highest BCUT2D eigenvalue weighted by atomic mass is 32.3. The van der Waals surface area contributed by atoms with E-state index in [4.69, 9.17) is 0 Å². The van der Waals surface area contributed by atoms with E-state index < -0.39 is 53.0 Å². The van der Waals surface area contributed by atoms with E-state index in [-0.39, 0.29) is 16.5 Å². The molecule has 14 rings (SSSR count). The number of allylic oxidation sites excluding steroid dienone is 2. The van der Waals surface area contributed by atoms with E-state index in [1.54, 1.807) is 48.5 Å². The summed E-state index contributed by atoms with van der Waals surface area (Å²) in [6, 6.07) is 53.7. The maximum atomic E-state index is 12.8. The predicted molar refractivity (Wildman–Crippen MR) is 425 cm³/mol. The number of benzene rings is 7. The molecule has 0 radical (unpaired) electrons. The highest BCUT2D eigenvalue weighted by Gasteiger charge is 2.38. The fourth-order valence-electron chi connectivity index (χ4n) is 14.2. The van der Waals surface area contributed by atoms with Gasteiger partial charge in [0.25, 0.3) is 0 Å². The van der Waals surface area contributed by atoms with Crippen molar-refractivity contribution in [1.82, 2.24) is 37.2 Å². The molecule has 12 N–H and O–H groups in total. The number of hydrogen-bond acceptors (Lipinski definition) is 19. The molecule has 19 nitrogen and oxygen atoms in total. The summed E-state index contributed by atoms with van der Waals surface area (Å²) in [5.74, 6) is -0.0956. The third kappa shape index (κ3) is 23.8. The zero-order valence-corrected chi connectivity index (χ0v) is 63.2. The summed E-state index contributed by atoms with van der Waals surface area (Å²) in [4.78, 5) is 33.0. The van der Waals surface area contributed by atoms with Gasteiger partial charge in [-0.05, 0) is 209 Å². The zero-order valence-electron chi connectivity index (χ0n) is 61.6. The van der Waals surface area contributed by atoms with Crippen LogP contribution in [0.1, 0.15) is 136 Å². The van der Waals surface area contributed by atoms with Crippen molar-refractivity contribution in [3.63, 3.8) is 0 Å². The highest BCUT2D eigenvalue weighted by Crippen LogP contribution is 2.35. The molecular formula is C86H106FN7O12S2. The number of halogens is 1. The van der Waals surface area contributed by atoms with Crippen LogP contribution in [0.25, 0.3) is 11.1 Å². The fraction of sp³-hybridized carbons (Fsp3) is 0.360. The Morgan fingerprint density at radius 2 is 0.935 bits per heavy atom. The molecule has 0 spiro atoms. The van der Waals surface area contributed by atoms with Gasteiger partial charge in [0, 0.05) is 67.3 Å². The summed E-state index contributed by atoms with van der Waals surface area (Å²) >= 11 is 0. The number of carbonyl (C=O) groups is 3. The predicted octanol–water partition coefficient (Wildman–Crippen LogP) is 10.4. The van der Waals surface area contributed by atoms with Crippen molar-refractivity contribution in [2.75, 3.05) is 78.5 Å². The number of hydrogen-bond donors (Lipinski definition) is 12. The molecule has 7 aromatic rings. The van der Waals surface area contributed by atoms with Gasteiger partial charge < -0.3 is 62.8 Å². The first-order valence-electron chi connectivity index (χ1n) is 36.8. The van der Waals surface area contributed by atoms with Crippen molar-refractivity contribution in [2.24, 2.45) is 0 Å². The van der Waals surface area contributed by atoms with Gasteiger partial charge in [-0.25, -0.2) is 8.42 Å². The summed E-state index contributed by atoms with van der Waals surface area (Å²) in [5.41, 5.74) is 5.67. The molecule has 7 aliphatic heterocycles. The second kappa shape index (κ2) is 39.8. The summed E-state index contributed by atoms with van der Waals surface area (Å²) in [7, 11) is -8.16. The number of sulfone groups is 1. The van der Waals surface area contributed by atoms with Crippen molar-refractivity contribution in [3.8, 4) is 11.1 Å². The first-order valence-corrected chi connectivity index (χ1v) is 39.8. The smallest absolute Gasteiger partial charge is 0.332 e. The number of ketones is 2. The largest absolute Gasteiger partial charge is 0.384 e. The first-order chi connectivity index (χ1) is 51.7. The minimum absolute atomic E-state index is 0.00122. The Bertz CT molecular complexity index is 4350. The average molecular weight is 1510 g/mol. The van der Waals surface area contributed by atoms with E-state index in [0.29, 0.717) is 112 Å². The third-order valence-electron chi connectivity index (χ3n) is 20.6. The monoisotopic (exact) mass is 1510 g/mol. The molecule has 7 heterocycles. The van der Waals surface area contributed by atoms with Crippen molar-refractivity contribution in [1.29, 1.82) is 0 Å². The summed E-state index contributed by atoms with van der Waals surface area (Å²) < 4.78 is 57.6. The Morgan fingerprint density at radius 3 is 1.36 bits per heavy atom. The Kier molecular flexibility index (Phi) is 31.4. The number of β-amino-alcohol motifs (C(OH)–C–C–N with tert-alkyl or cyclic N) is 5. The van der Waals surface area contributed by atoms with Gasteiger partial charge in [-0.15, -0.1) is 17.0 Å². The molecule has 7 fully saturated rings. The van der Waals surface area contributed by atoms with Gasteiger partial charge in [-0.2, -0.15) is 8.42 Å². The van der Waals surface area contributed by atoms with Crippen molar-refractivity contribution < 1.29 is 60.6 Å². The lowest BCUT2D eigenvalue weighted by atomic mass is 9.90. The second-order valence-electron chi connectivity index (χ2n) is 28.4. The number of aliphatic hydroxyl groups is 5. The second-order valence-corrected chi connectivity index (χ2v) is 31.6. The maximum Gasteiger partial charge on any atom is 0.332 e. The zero-order chi connectivity index (χ0) is 77.9. The Hall–Kier alpha value is -8.40. The van der Waals surface area contributed by atoms with Crippen molar-refractivity contribution in [2.45, 2.75) is 126 Å². The topological polar surface area (TPSA) is 305 Å². The molecule has 7 saturated heterocycles. The molecular weight excluding hydrogens is 1410 g/mol. The maximum absolute atomic E-state index is 12.8. The quantitative estimate of drug-likeness (QED) is 0.0111. The normalized spacial score (nSPS) is 23.7. The molecule has 6 atom stereocenters. The van der Waals surface area contributed by atoms with Gasteiger partial charge in [0.15, 0.2) is 21.4 Å². The van der Waals surface area contributed by atoms with Crippen LogP contribution in [0, 0.1) is 0 Å². The molecule has 6 unspecified atom stereocenters. The van der Waals surface area contributed by atoms with E-state index in [0.717, 1.165) is 86.1 Å². The van der Waals surface area contributed by atoms with E-state index in [1.165, 1.54) is 84.9 Å². The number of aldehydes is 1. The molecule has 7 aliphatic rings. The fourth-order valence-corrected chi connectivity index (χ4v) is 15.5. The number of nitrogens with one attached hydrogen (secondary N) is 7. The molecule has 7 aromatic carbocycles. The van der Waals surface area contributed by atoms with Crippen LogP contribution < -0.4 is 37.2 Å². The van der Waals surface area contributed by atoms with Crippen LogP contribution in [0.2, 0.25) is 0 Å². The van der Waals surface area contributed by atoms with Crippen molar-refractivity contribution in [3.05, 3.63) is 289 Å². The standard InChI is InChI=1S/C16H17N.C14H17NO2.C13H15NO2.C12H15NO3S.C11H13NO2.C10H12FNO3S.C10H17N/c1-2-5-13(6-3-1)14-8-10-15(11-9-14)16-7-4-12-17-16;1-2-13(16)9-11-4-3-5-12(8-11)14(17)6-7-15-10-14;1-2-12(15)10-3-5-11(6-4-10)13(16)7-8-14-9-13;1-2-17(15,16)11-5-3-4-10(8-11)12(14)6-7-13-9-12;13-7-9-2-1-3-10(6-9)11(14)4-5-12-8-11;11-16(14,15)9-3-1-2-8(6-9)10(13)4-5-12-7-10;1-3-6-10(7-4-2)8-5-9-11-10/h1-3,5-6,8-11,16-17H,4,7,12H2;2-5,8,15,17H,1,6-7,9-10H2;2-6,14,16H,1,7-9H2;2-5,8,13-14H,1,6-7,9H2;1-3,6-7,12,14H,4-5,8H2;1-3,6,12-13H,4-5,7H2;3-4,11H,1-2,5-9H2. The highest BCUT2D eigenvalue weighted by molar-refractivity contribution is 7.94. The molecule has 0 saturated carbocycles. The van der Waals surface area contributed by atoms with Gasteiger partial charge in [0.1, 0.15) is 34.3 Å². The first kappa shape index (κ1) is 85.2. The Morgan fingerprint density at radius 1 is 0.472 bits per heavy atom. The molecule has 576 valence electrons. The Balaban J connectivity index is 0.000000159. The molecule has 22 heteroatoms. The summed E-state index contributed by atoms with van der Waals surface area (Å²) in [5, 5.41) is 74.8. The van der Waals surface area contributed by atoms with E-state index >= 15 is 0 Å². The van der Waals surface area contributed by atoms with Gasteiger partial charge in [0.2, 0.25) is 0 Å². The molecule has 0 aliphatic carbocycles. The van der Waals surface area contributed by atoms with E-state index in [2.05, 4.69) is 125 Å². The lowest BCUT2D eigenvalue weighted by Gasteiger charge is -2.26. The van der Waals surface area contributed by atoms with Crippen LogP contribution in [-0.4, -0.2) is 144 Å². The van der Waals surface area contributed by atoms with Crippen LogP contribution in [0.15, 0.2) is 248 Å².